The molecular weight excluding hydrogens is 376 g/mol. The van der Waals surface area contributed by atoms with Crippen LogP contribution in [0.25, 0.3) is 0 Å². The van der Waals surface area contributed by atoms with E-state index in [2.05, 4.69) is 10.6 Å². The van der Waals surface area contributed by atoms with Crippen LogP contribution in [0.5, 0.6) is 0 Å². The SMILES string of the molecule is C1CCC([NH2+]C2CCCCC2)CC1.CC(=O)N[C@H](CSC(C)CCO)C(=O)[O-]. The number of hydrogen-bond donors (Lipinski definition) is 3. The zero-order chi connectivity index (χ0) is 20.8. The number of amides is 1. The molecular formula is C21H40N2O4S. The minimum absolute atomic E-state index is 0.0737. The van der Waals surface area contributed by atoms with E-state index in [9.17, 15) is 14.7 Å². The smallest absolute Gasteiger partial charge is 0.217 e. The number of nitrogens with one attached hydrogen (secondary N) is 1. The molecule has 7 heteroatoms. The number of thioether (sulfide) groups is 1. The number of nitrogens with two attached hydrogens (primary N) is 1. The van der Waals surface area contributed by atoms with Gasteiger partial charge in [0.25, 0.3) is 0 Å². The Balaban J connectivity index is 0.000000281. The van der Waals surface area contributed by atoms with Crippen molar-refractivity contribution in [2.24, 2.45) is 0 Å². The maximum atomic E-state index is 10.7. The highest BCUT2D eigenvalue weighted by Crippen LogP contribution is 2.18. The Bertz CT molecular complexity index is 422. The number of hydrogen-bond acceptors (Lipinski definition) is 5. The van der Waals surface area contributed by atoms with Crippen LogP contribution in [0, 0.1) is 0 Å². The second-order valence-corrected chi connectivity index (χ2v) is 9.69. The van der Waals surface area contributed by atoms with Crippen molar-refractivity contribution in [2.75, 3.05) is 12.4 Å². The summed E-state index contributed by atoms with van der Waals surface area (Å²) in [6.07, 6.45) is 15.6. The van der Waals surface area contributed by atoms with Crippen LogP contribution in [0.1, 0.15) is 84.5 Å². The van der Waals surface area contributed by atoms with Crippen LogP contribution >= 0.6 is 11.8 Å². The second kappa shape index (κ2) is 15.1. The fraction of sp³-hybridized carbons (Fsp3) is 0.905. The summed E-state index contributed by atoms with van der Waals surface area (Å²) in [6, 6.07) is 1.03. The van der Waals surface area contributed by atoms with Crippen LogP contribution in [0.4, 0.5) is 0 Å². The van der Waals surface area contributed by atoms with E-state index in [4.69, 9.17) is 5.11 Å². The highest BCUT2D eigenvalue weighted by Gasteiger charge is 2.22. The molecule has 2 atom stereocenters. The van der Waals surface area contributed by atoms with Gasteiger partial charge in [-0.25, -0.2) is 0 Å². The molecule has 0 aromatic carbocycles. The molecule has 6 nitrogen and oxygen atoms in total. The summed E-state index contributed by atoms with van der Waals surface area (Å²) in [4.78, 5) is 21.3. The quantitative estimate of drug-likeness (QED) is 0.519. The lowest BCUT2D eigenvalue weighted by Gasteiger charge is -2.27. The zero-order valence-corrected chi connectivity index (χ0v) is 18.5. The summed E-state index contributed by atoms with van der Waals surface area (Å²) in [7, 11) is 0. The van der Waals surface area contributed by atoms with Crippen LogP contribution in [0.3, 0.4) is 0 Å². The van der Waals surface area contributed by atoms with E-state index in [-0.39, 0.29) is 23.5 Å². The van der Waals surface area contributed by atoms with Crippen molar-refractivity contribution in [1.29, 1.82) is 0 Å². The molecule has 164 valence electrons. The van der Waals surface area contributed by atoms with E-state index in [1.54, 1.807) is 0 Å². The first kappa shape index (κ1) is 25.2. The van der Waals surface area contributed by atoms with Gasteiger partial charge in [0.15, 0.2) is 0 Å². The van der Waals surface area contributed by atoms with Gasteiger partial charge in [0.1, 0.15) is 0 Å². The van der Waals surface area contributed by atoms with Gasteiger partial charge in [-0.15, -0.1) is 0 Å². The predicted octanol–water partition coefficient (Wildman–Crippen LogP) is 0.960. The number of aliphatic carboxylic acids is 1. The van der Waals surface area contributed by atoms with E-state index in [0.29, 0.717) is 6.42 Å². The van der Waals surface area contributed by atoms with Gasteiger partial charge >= 0.3 is 0 Å². The molecule has 0 bridgehead atoms. The lowest BCUT2D eigenvalue weighted by atomic mass is 9.91. The maximum Gasteiger partial charge on any atom is 0.217 e. The van der Waals surface area contributed by atoms with Crippen LogP contribution in [0.15, 0.2) is 0 Å². The van der Waals surface area contributed by atoms with Crippen molar-refractivity contribution >= 4 is 23.6 Å². The third kappa shape index (κ3) is 11.9. The van der Waals surface area contributed by atoms with Gasteiger partial charge in [-0.3, -0.25) is 4.79 Å². The van der Waals surface area contributed by atoms with Gasteiger partial charge in [-0.2, -0.15) is 11.8 Å². The molecule has 0 saturated heterocycles. The molecule has 0 spiro atoms. The van der Waals surface area contributed by atoms with Crippen LogP contribution in [0.2, 0.25) is 0 Å². The molecule has 2 rings (SSSR count). The van der Waals surface area contributed by atoms with E-state index in [1.165, 1.54) is 82.9 Å². The fourth-order valence-electron chi connectivity index (χ4n) is 3.98. The average Bonchev–Trinajstić information content (AvgIpc) is 2.67. The molecule has 4 N–H and O–H groups in total. The molecule has 2 aliphatic rings. The van der Waals surface area contributed by atoms with E-state index < -0.39 is 12.0 Å². The van der Waals surface area contributed by atoms with Gasteiger partial charge in [-0.05, 0) is 57.8 Å². The molecule has 2 aliphatic carbocycles. The standard InChI is InChI=1S/C12H23N.C9H17NO4S/c1-3-7-11(8-4-1)13-12-9-5-2-6-10-12;1-6(3-4-11)15-5-8(9(13)14)10-7(2)12/h11-13H,1-10H2;6,8,11H,3-5H2,1-2H3,(H,10,12)(H,13,14)/t;6?,8-/m.1/s1. The number of rotatable bonds is 9. The Morgan fingerprint density at radius 1 is 1.07 bits per heavy atom. The zero-order valence-electron chi connectivity index (χ0n) is 17.7. The van der Waals surface area contributed by atoms with Crippen LogP contribution in [-0.4, -0.2) is 52.7 Å². The molecule has 1 unspecified atom stereocenters. The largest absolute Gasteiger partial charge is 0.548 e. The number of carboxylic acid groups (broad SMARTS) is 1. The first-order chi connectivity index (χ1) is 13.4. The molecule has 28 heavy (non-hydrogen) atoms. The Morgan fingerprint density at radius 2 is 1.57 bits per heavy atom. The van der Waals surface area contributed by atoms with Crippen molar-refractivity contribution < 1.29 is 25.1 Å². The Hall–Kier alpha value is -0.790. The van der Waals surface area contributed by atoms with Crippen molar-refractivity contribution in [1.82, 2.24) is 5.32 Å². The topological polar surface area (TPSA) is 106 Å². The molecule has 0 radical (unpaired) electrons. The molecule has 0 aromatic rings. The number of carbonyl (C=O) groups excluding carboxylic acids is 2. The first-order valence-corrected chi connectivity index (χ1v) is 12.0. The Labute approximate surface area is 174 Å². The fourth-order valence-corrected chi connectivity index (χ4v) is 4.99. The molecule has 1 amide bonds. The summed E-state index contributed by atoms with van der Waals surface area (Å²) in [5.41, 5.74) is 0. The van der Waals surface area contributed by atoms with Gasteiger partial charge in [-0.1, -0.05) is 19.8 Å². The lowest BCUT2D eigenvalue weighted by Crippen LogP contribution is -2.95. The van der Waals surface area contributed by atoms with E-state index in [0.717, 1.165) is 12.1 Å². The normalized spacial score (nSPS) is 20.5. The highest BCUT2D eigenvalue weighted by molar-refractivity contribution is 7.99. The first-order valence-electron chi connectivity index (χ1n) is 11.0. The summed E-state index contributed by atoms with van der Waals surface area (Å²) in [6.45, 7) is 3.23. The van der Waals surface area contributed by atoms with Crippen molar-refractivity contribution in [3.8, 4) is 0 Å². The summed E-state index contributed by atoms with van der Waals surface area (Å²) in [5, 5.41) is 24.4. The predicted molar refractivity (Wildman–Crippen MR) is 112 cm³/mol. The van der Waals surface area contributed by atoms with Crippen molar-refractivity contribution in [3.05, 3.63) is 0 Å². The van der Waals surface area contributed by atoms with E-state index in [1.807, 2.05) is 6.92 Å². The van der Waals surface area contributed by atoms with Crippen LogP contribution in [-0.2, 0) is 9.59 Å². The number of carboxylic acids is 1. The minimum Gasteiger partial charge on any atom is -0.548 e. The van der Waals surface area contributed by atoms with Gasteiger partial charge < -0.3 is 25.6 Å². The van der Waals surface area contributed by atoms with Gasteiger partial charge in [0.05, 0.1) is 24.1 Å². The Kier molecular flexibility index (Phi) is 13.6. The van der Waals surface area contributed by atoms with E-state index >= 15 is 0 Å². The molecule has 2 saturated carbocycles. The third-order valence-electron chi connectivity index (χ3n) is 5.59. The average molecular weight is 417 g/mol. The number of aliphatic hydroxyl groups is 1. The number of quaternary nitrogens is 1. The van der Waals surface area contributed by atoms with Gasteiger partial charge in [0, 0.05) is 24.5 Å². The summed E-state index contributed by atoms with van der Waals surface area (Å²) in [5.74, 6) is -1.42. The highest BCUT2D eigenvalue weighted by atomic mass is 32.2. The van der Waals surface area contributed by atoms with Crippen molar-refractivity contribution in [3.63, 3.8) is 0 Å². The second-order valence-electron chi connectivity index (χ2n) is 8.22. The number of aliphatic hydroxyl groups excluding tert-OH is 1. The van der Waals surface area contributed by atoms with Crippen molar-refractivity contribution in [2.45, 2.75) is 108 Å². The van der Waals surface area contributed by atoms with Gasteiger partial charge in [0.2, 0.25) is 5.91 Å². The Morgan fingerprint density at radius 3 is 1.96 bits per heavy atom. The third-order valence-corrected chi connectivity index (χ3v) is 6.92. The summed E-state index contributed by atoms with van der Waals surface area (Å²) < 4.78 is 0. The lowest BCUT2D eigenvalue weighted by molar-refractivity contribution is -0.725. The molecule has 0 heterocycles. The monoisotopic (exact) mass is 416 g/mol. The molecule has 0 aromatic heterocycles. The molecule has 0 aliphatic heterocycles. The van der Waals surface area contributed by atoms with Crippen LogP contribution < -0.4 is 15.7 Å². The molecule has 2 fully saturated rings. The summed E-state index contributed by atoms with van der Waals surface area (Å²) >= 11 is 1.38. The number of carbonyl (C=O) groups is 2. The minimum atomic E-state index is -1.28. The maximum absolute atomic E-state index is 10.7.